The lowest BCUT2D eigenvalue weighted by atomic mass is 9.99. The second kappa shape index (κ2) is 3.37. The number of aldehydes is 1. The van der Waals surface area contributed by atoms with Gasteiger partial charge in [0.25, 0.3) is 0 Å². The summed E-state index contributed by atoms with van der Waals surface area (Å²) < 4.78 is 13.2. The summed E-state index contributed by atoms with van der Waals surface area (Å²) in [6.07, 6.45) is 2.13. The summed E-state index contributed by atoms with van der Waals surface area (Å²) in [5.41, 5.74) is -1.50. The minimum absolute atomic E-state index is 0.404. The summed E-state index contributed by atoms with van der Waals surface area (Å²) >= 11 is 1.73. The highest BCUT2D eigenvalue weighted by Gasteiger charge is 2.29. The number of carbonyl (C=O) groups is 1. The van der Waals surface area contributed by atoms with Crippen molar-refractivity contribution in [3.05, 3.63) is 0 Å². The van der Waals surface area contributed by atoms with Crippen LogP contribution in [0.4, 0.5) is 4.39 Å². The van der Waals surface area contributed by atoms with Gasteiger partial charge in [0.15, 0.2) is 12.0 Å². The lowest BCUT2D eigenvalue weighted by Crippen LogP contribution is -2.24. The summed E-state index contributed by atoms with van der Waals surface area (Å²) in [5.74, 6) is 1.79. The molecule has 0 radical (unpaired) electrons. The molecule has 1 aliphatic rings. The molecule has 3 heteroatoms. The van der Waals surface area contributed by atoms with Crippen LogP contribution in [0.5, 0.6) is 0 Å². The zero-order valence-electron chi connectivity index (χ0n) is 5.81. The average Bonchev–Trinajstić information content (AvgIpc) is 2.15. The lowest BCUT2D eigenvalue weighted by Gasteiger charge is -2.13. The Morgan fingerprint density at radius 1 is 1.40 bits per heavy atom. The Morgan fingerprint density at radius 2 is 2.20 bits per heavy atom. The quantitative estimate of drug-likeness (QED) is 0.547. The van der Waals surface area contributed by atoms with Crippen molar-refractivity contribution in [1.82, 2.24) is 0 Å². The predicted molar refractivity (Wildman–Crippen MR) is 41.1 cm³/mol. The molecule has 0 aromatic rings. The molecule has 0 aliphatic carbocycles. The highest BCUT2D eigenvalue weighted by molar-refractivity contribution is 7.99. The van der Waals surface area contributed by atoms with Crippen LogP contribution in [-0.2, 0) is 4.79 Å². The normalized spacial score (nSPS) is 34.9. The van der Waals surface area contributed by atoms with E-state index in [-0.39, 0.29) is 0 Å². The summed E-state index contributed by atoms with van der Waals surface area (Å²) in [7, 11) is 0. The van der Waals surface area contributed by atoms with Gasteiger partial charge in [0, 0.05) is 0 Å². The van der Waals surface area contributed by atoms with Crippen molar-refractivity contribution in [2.45, 2.75) is 24.9 Å². The van der Waals surface area contributed by atoms with Gasteiger partial charge >= 0.3 is 0 Å². The summed E-state index contributed by atoms with van der Waals surface area (Å²) in [5, 5.41) is 0. The van der Waals surface area contributed by atoms with E-state index in [1.807, 2.05) is 0 Å². The molecule has 0 aromatic carbocycles. The van der Waals surface area contributed by atoms with Crippen LogP contribution >= 0.6 is 11.8 Å². The fraction of sp³-hybridized carbons (Fsp3) is 0.857. The molecule has 10 heavy (non-hydrogen) atoms. The fourth-order valence-corrected chi connectivity index (χ4v) is 2.09. The highest BCUT2D eigenvalue weighted by atomic mass is 32.2. The van der Waals surface area contributed by atoms with Gasteiger partial charge in [-0.15, -0.1) is 0 Å². The lowest BCUT2D eigenvalue weighted by molar-refractivity contribution is -0.118. The molecule has 1 unspecified atom stereocenters. The Morgan fingerprint density at radius 3 is 2.90 bits per heavy atom. The minimum Gasteiger partial charge on any atom is -0.300 e. The molecule has 1 nitrogen and oxygen atoms in total. The van der Waals surface area contributed by atoms with E-state index in [1.54, 1.807) is 11.8 Å². The van der Waals surface area contributed by atoms with Gasteiger partial charge < -0.3 is 0 Å². The van der Waals surface area contributed by atoms with Crippen molar-refractivity contribution >= 4 is 18.0 Å². The van der Waals surface area contributed by atoms with Gasteiger partial charge in [-0.25, -0.2) is 4.39 Å². The zero-order valence-corrected chi connectivity index (χ0v) is 6.62. The monoisotopic (exact) mass is 162 g/mol. The largest absolute Gasteiger partial charge is 0.300 e. The minimum atomic E-state index is -1.50. The highest BCUT2D eigenvalue weighted by Crippen LogP contribution is 2.27. The first kappa shape index (κ1) is 8.05. The van der Waals surface area contributed by atoms with Crippen LogP contribution < -0.4 is 0 Å². The third-order valence-electron chi connectivity index (χ3n) is 1.75. The van der Waals surface area contributed by atoms with Gasteiger partial charge in [0.2, 0.25) is 0 Å². The molecule has 0 N–H and O–H groups in total. The SMILES string of the molecule is O=CC1(F)CCCSCC1. The molecule has 0 spiro atoms. The third-order valence-corrected chi connectivity index (χ3v) is 2.82. The predicted octanol–water partition coefficient (Wildman–Crippen LogP) is 1.81. The second-order valence-electron chi connectivity index (χ2n) is 2.62. The average molecular weight is 162 g/mol. The number of carbonyl (C=O) groups excluding carboxylic acids is 1. The van der Waals surface area contributed by atoms with Crippen LogP contribution in [-0.4, -0.2) is 23.5 Å². The van der Waals surface area contributed by atoms with Crippen LogP contribution in [0.3, 0.4) is 0 Å². The summed E-state index contributed by atoms with van der Waals surface area (Å²) in [4.78, 5) is 10.3. The van der Waals surface area contributed by atoms with E-state index in [2.05, 4.69) is 0 Å². The number of alkyl halides is 1. The molecule has 1 fully saturated rings. The smallest absolute Gasteiger partial charge is 0.166 e. The Kier molecular flexibility index (Phi) is 2.72. The number of rotatable bonds is 1. The maximum absolute atomic E-state index is 13.2. The van der Waals surface area contributed by atoms with Crippen LogP contribution in [0, 0.1) is 0 Å². The van der Waals surface area contributed by atoms with Crippen LogP contribution in [0.2, 0.25) is 0 Å². The van der Waals surface area contributed by atoms with Gasteiger partial charge in [-0.3, -0.25) is 4.79 Å². The molecule has 0 aromatic heterocycles. The van der Waals surface area contributed by atoms with E-state index in [0.29, 0.717) is 19.1 Å². The van der Waals surface area contributed by atoms with Crippen molar-refractivity contribution in [3.63, 3.8) is 0 Å². The van der Waals surface area contributed by atoms with Crippen LogP contribution in [0.25, 0.3) is 0 Å². The number of hydrogen-bond acceptors (Lipinski definition) is 2. The van der Waals surface area contributed by atoms with Gasteiger partial charge in [0.1, 0.15) is 0 Å². The zero-order chi connectivity index (χ0) is 7.45. The molecule has 58 valence electrons. The molecule has 0 saturated carbocycles. The van der Waals surface area contributed by atoms with Gasteiger partial charge in [-0.05, 0) is 30.8 Å². The molecule has 1 aliphatic heterocycles. The van der Waals surface area contributed by atoms with Crippen LogP contribution in [0.15, 0.2) is 0 Å². The maximum Gasteiger partial charge on any atom is 0.166 e. The van der Waals surface area contributed by atoms with Crippen molar-refractivity contribution in [2.75, 3.05) is 11.5 Å². The first-order valence-corrected chi connectivity index (χ1v) is 4.65. The van der Waals surface area contributed by atoms with Gasteiger partial charge in [-0.1, -0.05) is 0 Å². The maximum atomic E-state index is 13.2. The fourth-order valence-electron chi connectivity index (χ4n) is 1.05. The van der Waals surface area contributed by atoms with Crippen molar-refractivity contribution in [2.24, 2.45) is 0 Å². The van der Waals surface area contributed by atoms with E-state index in [1.165, 1.54) is 0 Å². The second-order valence-corrected chi connectivity index (χ2v) is 3.84. The molecule has 1 atom stereocenters. The molecule has 0 amide bonds. The number of hydrogen-bond donors (Lipinski definition) is 0. The number of halogens is 1. The van der Waals surface area contributed by atoms with E-state index in [9.17, 15) is 9.18 Å². The van der Waals surface area contributed by atoms with E-state index < -0.39 is 5.67 Å². The standard InChI is InChI=1S/C7H11FOS/c8-7(6-9)2-1-4-10-5-3-7/h6H,1-5H2. The first-order chi connectivity index (χ1) is 4.77. The van der Waals surface area contributed by atoms with E-state index in [0.717, 1.165) is 17.9 Å². The van der Waals surface area contributed by atoms with E-state index in [4.69, 9.17) is 0 Å². The molecule has 1 saturated heterocycles. The van der Waals surface area contributed by atoms with Gasteiger partial charge in [-0.2, -0.15) is 11.8 Å². The van der Waals surface area contributed by atoms with Crippen molar-refractivity contribution in [3.8, 4) is 0 Å². The number of thioether (sulfide) groups is 1. The van der Waals surface area contributed by atoms with Gasteiger partial charge in [0.05, 0.1) is 0 Å². The Balaban J connectivity index is 2.48. The molecular formula is C7H11FOS. The Labute approximate surface area is 64.4 Å². The van der Waals surface area contributed by atoms with Crippen LogP contribution in [0.1, 0.15) is 19.3 Å². The molecule has 1 heterocycles. The Bertz CT molecular complexity index is 119. The van der Waals surface area contributed by atoms with Crippen molar-refractivity contribution < 1.29 is 9.18 Å². The summed E-state index contributed by atoms with van der Waals surface area (Å²) in [6, 6.07) is 0. The summed E-state index contributed by atoms with van der Waals surface area (Å²) in [6.45, 7) is 0. The topological polar surface area (TPSA) is 17.1 Å². The van der Waals surface area contributed by atoms with Crippen molar-refractivity contribution in [1.29, 1.82) is 0 Å². The first-order valence-electron chi connectivity index (χ1n) is 3.50. The molecular weight excluding hydrogens is 151 g/mol. The third kappa shape index (κ3) is 1.97. The molecule has 0 bridgehead atoms. The van der Waals surface area contributed by atoms with E-state index >= 15 is 0 Å². The Hall–Kier alpha value is -0.0500. The molecule has 1 rings (SSSR count).